The van der Waals surface area contributed by atoms with E-state index in [-0.39, 0.29) is 29.7 Å². The van der Waals surface area contributed by atoms with Gasteiger partial charge in [-0.15, -0.1) is 0 Å². The molecule has 1 aliphatic carbocycles. The summed E-state index contributed by atoms with van der Waals surface area (Å²) in [5, 5.41) is 10.1. The minimum Gasteiger partial charge on any atom is -0.466 e. The van der Waals surface area contributed by atoms with Crippen LogP contribution in [0.25, 0.3) is 11.4 Å². The van der Waals surface area contributed by atoms with Crippen LogP contribution in [0.15, 0.2) is 30.5 Å². The number of nitrogen functional groups attached to an aromatic ring is 1. The Morgan fingerprint density at radius 3 is 2.90 bits per heavy atom. The Bertz CT molecular complexity index is 1170. The molecule has 1 amide bonds. The predicted octanol–water partition coefficient (Wildman–Crippen LogP) is 2.64. The molecule has 1 aliphatic rings. The molecule has 0 bridgehead atoms. The summed E-state index contributed by atoms with van der Waals surface area (Å²) in [5.41, 5.74) is 10.1. The second kappa shape index (κ2) is 7.82. The standard InChI is InChI=1S/C22H24N6O3/c1-4-31-15(29)9-12-6-5-7-14(8-12)25-20(30)19-16-18(27-28-19)17-13(10-22(16,2)3)11-24-21(23)26-17/h5-8,11H,4,9-10H2,1-3H3,(H,25,30)(H,27,28)(H2,23,24,26). The van der Waals surface area contributed by atoms with Gasteiger partial charge >= 0.3 is 5.97 Å². The van der Waals surface area contributed by atoms with E-state index in [0.29, 0.717) is 35.8 Å². The van der Waals surface area contributed by atoms with Crippen LogP contribution in [-0.2, 0) is 27.8 Å². The Balaban J connectivity index is 1.63. The number of carbonyl (C=O) groups excluding carboxylic acids is 2. The van der Waals surface area contributed by atoms with Crippen LogP contribution in [0, 0.1) is 0 Å². The molecule has 4 rings (SSSR count). The molecule has 0 spiro atoms. The second-order valence-electron chi connectivity index (χ2n) is 8.12. The van der Waals surface area contributed by atoms with Crippen molar-refractivity contribution >= 4 is 23.5 Å². The van der Waals surface area contributed by atoms with E-state index in [1.165, 1.54) is 0 Å². The van der Waals surface area contributed by atoms with Crippen molar-refractivity contribution in [2.24, 2.45) is 0 Å². The summed E-state index contributed by atoms with van der Waals surface area (Å²) in [6, 6.07) is 7.11. The zero-order valence-corrected chi connectivity index (χ0v) is 17.7. The molecule has 0 atom stereocenters. The maximum absolute atomic E-state index is 13.1. The summed E-state index contributed by atoms with van der Waals surface area (Å²) in [7, 11) is 0. The van der Waals surface area contributed by atoms with E-state index in [1.807, 2.05) is 6.07 Å². The molecule has 4 N–H and O–H groups in total. The Morgan fingerprint density at radius 1 is 1.32 bits per heavy atom. The molecule has 160 valence electrons. The van der Waals surface area contributed by atoms with Crippen LogP contribution < -0.4 is 11.1 Å². The molecule has 0 unspecified atom stereocenters. The van der Waals surface area contributed by atoms with E-state index >= 15 is 0 Å². The Labute approximate surface area is 179 Å². The first-order valence-corrected chi connectivity index (χ1v) is 10.0. The van der Waals surface area contributed by atoms with Gasteiger partial charge in [0.2, 0.25) is 5.95 Å². The van der Waals surface area contributed by atoms with Crippen molar-refractivity contribution in [3.05, 3.63) is 52.8 Å². The number of fused-ring (bicyclic) bond motifs is 3. The predicted molar refractivity (Wildman–Crippen MR) is 115 cm³/mol. The number of esters is 1. The first-order valence-electron chi connectivity index (χ1n) is 10.0. The molecule has 0 saturated heterocycles. The van der Waals surface area contributed by atoms with E-state index in [9.17, 15) is 9.59 Å². The molecular weight excluding hydrogens is 396 g/mol. The Morgan fingerprint density at radius 2 is 2.13 bits per heavy atom. The summed E-state index contributed by atoms with van der Waals surface area (Å²) in [5.74, 6) is -0.484. The average molecular weight is 420 g/mol. The quantitative estimate of drug-likeness (QED) is 0.540. The molecule has 1 aromatic carbocycles. The fourth-order valence-corrected chi connectivity index (χ4v) is 4.00. The van der Waals surface area contributed by atoms with Crippen molar-refractivity contribution in [1.29, 1.82) is 0 Å². The normalized spacial score (nSPS) is 13.8. The lowest BCUT2D eigenvalue weighted by molar-refractivity contribution is -0.142. The van der Waals surface area contributed by atoms with E-state index in [0.717, 1.165) is 16.7 Å². The van der Waals surface area contributed by atoms with Gasteiger partial charge in [-0.3, -0.25) is 14.7 Å². The molecule has 0 fully saturated rings. The number of H-pyrrole nitrogens is 1. The largest absolute Gasteiger partial charge is 0.466 e. The van der Waals surface area contributed by atoms with Crippen molar-refractivity contribution in [2.45, 2.75) is 39.0 Å². The van der Waals surface area contributed by atoms with Gasteiger partial charge in [0.25, 0.3) is 5.91 Å². The van der Waals surface area contributed by atoms with Crippen LogP contribution in [0.5, 0.6) is 0 Å². The van der Waals surface area contributed by atoms with Gasteiger partial charge in [0.05, 0.1) is 24.4 Å². The van der Waals surface area contributed by atoms with Crippen molar-refractivity contribution in [1.82, 2.24) is 20.2 Å². The summed E-state index contributed by atoms with van der Waals surface area (Å²) in [6.45, 7) is 6.20. The molecule has 9 heteroatoms. The summed E-state index contributed by atoms with van der Waals surface area (Å²) in [4.78, 5) is 33.3. The smallest absolute Gasteiger partial charge is 0.310 e. The van der Waals surface area contributed by atoms with Crippen LogP contribution in [0.3, 0.4) is 0 Å². The summed E-state index contributed by atoms with van der Waals surface area (Å²) in [6.07, 6.45) is 2.52. The SMILES string of the molecule is CCOC(=O)Cc1cccc(NC(=O)c2n[nH]c3c2C(C)(C)Cc2cnc(N)nc2-3)c1. The molecule has 2 heterocycles. The van der Waals surface area contributed by atoms with Crippen LogP contribution in [0.1, 0.15) is 48.0 Å². The molecule has 0 aliphatic heterocycles. The fourth-order valence-electron chi connectivity index (χ4n) is 4.00. The minimum atomic E-state index is -0.354. The van der Waals surface area contributed by atoms with Crippen molar-refractivity contribution in [2.75, 3.05) is 17.7 Å². The number of hydrogen-bond donors (Lipinski definition) is 3. The van der Waals surface area contributed by atoms with Gasteiger partial charge in [-0.1, -0.05) is 26.0 Å². The number of hydrogen-bond acceptors (Lipinski definition) is 7. The Hall–Kier alpha value is -3.75. The van der Waals surface area contributed by atoms with Gasteiger partial charge in [-0.2, -0.15) is 5.10 Å². The number of aromatic nitrogens is 4. The van der Waals surface area contributed by atoms with Crippen molar-refractivity contribution in [3.8, 4) is 11.4 Å². The topological polar surface area (TPSA) is 136 Å². The van der Waals surface area contributed by atoms with E-state index in [2.05, 4.69) is 39.3 Å². The number of ether oxygens (including phenoxy) is 1. The fraction of sp³-hybridized carbons (Fsp3) is 0.318. The highest BCUT2D eigenvalue weighted by Crippen LogP contribution is 2.42. The van der Waals surface area contributed by atoms with Gasteiger partial charge in [0.1, 0.15) is 0 Å². The van der Waals surface area contributed by atoms with E-state index in [1.54, 1.807) is 31.3 Å². The van der Waals surface area contributed by atoms with Gasteiger partial charge in [-0.25, -0.2) is 9.97 Å². The second-order valence-corrected chi connectivity index (χ2v) is 8.12. The maximum Gasteiger partial charge on any atom is 0.310 e. The van der Waals surface area contributed by atoms with Crippen LogP contribution in [0.2, 0.25) is 0 Å². The highest BCUT2D eigenvalue weighted by Gasteiger charge is 2.38. The monoisotopic (exact) mass is 420 g/mol. The summed E-state index contributed by atoms with van der Waals surface area (Å²) >= 11 is 0. The van der Waals surface area contributed by atoms with Gasteiger partial charge in [-0.05, 0) is 42.0 Å². The highest BCUT2D eigenvalue weighted by molar-refractivity contribution is 6.05. The van der Waals surface area contributed by atoms with Crippen LogP contribution in [-0.4, -0.2) is 38.6 Å². The first-order chi connectivity index (χ1) is 14.8. The third kappa shape index (κ3) is 3.98. The lowest BCUT2D eigenvalue weighted by atomic mass is 9.73. The molecule has 31 heavy (non-hydrogen) atoms. The Kier molecular flexibility index (Phi) is 5.18. The maximum atomic E-state index is 13.1. The number of rotatable bonds is 5. The van der Waals surface area contributed by atoms with E-state index < -0.39 is 0 Å². The lowest BCUT2D eigenvalue weighted by Crippen LogP contribution is -2.29. The minimum absolute atomic E-state index is 0.139. The first kappa shape index (κ1) is 20.5. The van der Waals surface area contributed by atoms with E-state index in [4.69, 9.17) is 10.5 Å². The average Bonchev–Trinajstić information content (AvgIpc) is 3.16. The molecular formula is C22H24N6O3. The zero-order valence-electron chi connectivity index (χ0n) is 17.7. The number of amides is 1. The van der Waals surface area contributed by atoms with Gasteiger partial charge < -0.3 is 15.8 Å². The number of benzene rings is 1. The molecule has 0 saturated carbocycles. The number of nitrogens with two attached hydrogens (primary N) is 1. The summed E-state index contributed by atoms with van der Waals surface area (Å²) < 4.78 is 4.99. The highest BCUT2D eigenvalue weighted by atomic mass is 16.5. The van der Waals surface area contributed by atoms with Crippen molar-refractivity contribution < 1.29 is 14.3 Å². The number of carbonyl (C=O) groups is 2. The molecule has 0 radical (unpaired) electrons. The van der Waals surface area contributed by atoms with Gasteiger partial charge in [0, 0.05) is 17.4 Å². The molecule has 9 nitrogen and oxygen atoms in total. The number of nitrogens with one attached hydrogen (secondary N) is 2. The number of aromatic amines is 1. The van der Waals surface area contributed by atoms with Crippen LogP contribution in [0.4, 0.5) is 11.6 Å². The third-order valence-electron chi connectivity index (χ3n) is 5.25. The zero-order chi connectivity index (χ0) is 22.2. The number of anilines is 2. The third-order valence-corrected chi connectivity index (χ3v) is 5.25. The molecule has 3 aromatic rings. The van der Waals surface area contributed by atoms with Crippen LogP contribution >= 0.6 is 0 Å². The number of nitrogens with zero attached hydrogens (tertiary/aromatic N) is 3. The van der Waals surface area contributed by atoms with Crippen molar-refractivity contribution in [3.63, 3.8) is 0 Å². The lowest BCUT2D eigenvalue weighted by Gasteiger charge is -2.31. The van der Waals surface area contributed by atoms with Gasteiger partial charge in [0.15, 0.2) is 5.69 Å². The molecule has 2 aromatic heterocycles.